The molecule has 0 heterocycles. The molecule has 0 aromatic rings. The highest BCUT2D eigenvalue weighted by Crippen LogP contribution is 2.10. The van der Waals surface area contributed by atoms with Gasteiger partial charge in [-0.05, 0) is 41.2 Å². The van der Waals surface area contributed by atoms with Crippen LogP contribution in [0.1, 0.15) is 34.1 Å². The largest absolute Gasteiger partial charge is 0.390 e. The fourth-order valence-electron chi connectivity index (χ4n) is 0.628. The van der Waals surface area contributed by atoms with Gasteiger partial charge in [0.1, 0.15) is 5.72 Å². The fourth-order valence-corrected chi connectivity index (χ4v) is 0.628. The van der Waals surface area contributed by atoms with E-state index in [0.717, 1.165) is 0 Å². The van der Waals surface area contributed by atoms with Crippen molar-refractivity contribution in [3.05, 3.63) is 0 Å². The van der Waals surface area contributed by atoms with Gasteiger partial charge >= 0.3 is 0 Å². The summed E-state index contributed by atoms with van der Waals surface area (Å²) >= 11 is 0. The lowest BCUT2D eigenvalue weighted by Crippen LogP contribution is -2.40. The Morgan fingerprint density at radius 2 is 1.75 bits per heavy atom. The molecular formula is C9H21NO2. The average Bonchev–Trinajstić information content (AvgIpc) is 1.84. The summed E-state index contributed by atoms with van der Waals surface area (Å²) < 4.78 is 5.48. The summed E-state index contributed by atoms with van der Waals surface area (Å²) in [6.45, 7) is 8.04. The van der Waals surface area contributed by atoms with E-state index in [9.17, 15) is 5.11 Å². The zero-order valence-corrected chi connectivity index (χ0v) is 8.77. The van der Waals surface area contributed by atoms with Gasteiger partial charge in [-0.3, -0.25) is 5.32 Å². The van der Waals surface area contributed by atoms with Crippen molar-refractivity contribution >= 4 is 0 Å². The molecule has 0 aliphatic carbocycles. The van der Waals surface area contributed by atoms with Gasteiger partial charge in [-0.25, -0.2) is 0 Å². The summed E-state index contributed by atoms with van der Waals surface area (Å²) in [6, 6.07) is 0. The monoisotopic (exact) mass is 175 g/mol. The SMILES string of the molecule is CNC(C)(C)OCCC(C)(C)O. The van der Waals surface area contributed by atoms with Crippen LogP contribution in [0.25, 0.3) is 0 Å². The Hall–Kier alpha value is -0.120. The second kappa shape index (κ2) is 4.21. The second-order valence-corrected chi connectivity index (χ2v) is 4.17. The number of hydrogen-bond acceptors (Lipinski definition) is 3. The van der Waals surface area contributed by atoms with Gasteiger partial charge in [-0.15, -0.1) is 0 Å². The van der Waals surface area contributed by atoms with Crippen LogP contribution >= 0.6 is 0 Å². The lowest BCUT2D eigenvalue weighted by atomic mass is 10.1. The molecule has 0 aliphatic rings. The van der Waals surface area contributed by atoms with Gasteiger partial charge in [0.15, 0.2) is 0 Å². The Kier molecular flexibility index (Phi) is 4.17. The van der Waals surface area contributed by atoms with E-state index < -0.39 is 5.60 Å². The van der Waals surface area contributed by atoms with E-state index in [2.05, 4.69) is 5.32 Å². The third kappa shape index (κ3) is 6.58. The predicted molar refractivity (Wildman–Crippen MR) is 50.0 cm³/mol. The molecule has 0 saturated heterocycles. The molecule has 74 valence electrons. The second-order valence-electron chi connectivity index (χ2n) is 4.17. The van der Waals surface area contributed by atoms with Crippen LogP contribution in [0.5, 0.6) is 0 Å². The highest BCUT2D eigenvalue weighted by molar-refractivity contribution is 4.66. The van der Waals surface area contributed by atoms with Crippen molar-refractivity contribution < 1.29 is 9.84 Å². The Bertz CT molecular complexity index is 127. The molecule has 12 heavy (non-hydrogen) atoms. The summed E-state index contributed by atoms with van der Waals surface area (Å²) in [5, 5.41) is 12.4. The summed E-state index contributed by atoms with van der Waals surface area (Å²) in [5.74, 6) is 0. The number of hydrogen-bond donors (Lipinski definition) is 2. The van der Waals surface area contributed by atoms with Crippen LogP contribution in [0, 0.1) is 0 Å². The van der Waals surface area contributed by atoms with Crippen molar-refractivity contribution in [2.24, 2.45) is 0 Å². The van der Waals surface area contributed by atoms with E-state index in [1.165, 1.54) is 0 Å². The topological polar surface area (TPSA) is 41.5 Å². The quantitative estimate of drug-likeness (QED) is 0.615. The molecule has 0 saturated carbocycles. The normalized spacial score (nSPS) is 13.5. The van der Waals surface area contributed by atoms with Crippen molar-refractivity contribution in [2.75, 3.05) is 13.7 Å². The van der Waals surface area contributed by atoms with Crippen molar-refractivity contribution in [3.63, 3.8) is 0 Å². The van der Waals surface area contributed by atoms with Crippen LogP contribution in [-0.4, -0.2) is 30.1 Å². The first-order valence-electron chi connectivity index (χ1n) is 4.32. The van der Waals surface area contributed by atoms with E-state index >= 15 is 0 Å². The molecule has 0 fully saturated rings. The molecule has 0 spiro atoms. The molecule has 0 bridgehead atoms. The maximum atomic E-state index is 9.39. The summed E-state index contributed by atoms with van der Waals surface area (Å²) in [4.78, 5) is 0. The average molecular weight is 175 g/mol. The fraction of sp³-hybridized carbons (Fsp3) is 1.00. The molecule has 0 aliphatic heterocycles. The molecule has 0 unspecified atom stereocenters. The van der Waals surface area contributed by atoms with Gasteiger partial charge in [0.2, 0.25) is 0 Å². The zero-order chi connectivity index (χ0) is 9.83. The zero-order valence-electron chi connectivity index (χ0n) is 8.77. The first-order valence-corrected chi connectivity index (χ1v) is 4.32. The molecule has 0 amide bonds. The molecule has 0 radical (unpaired) electrons. The van der Waals surface area contributed by atoms with Gasteiger partial charge in [0.05, 0.1) is 12.2 Å². The Morgan fingerprint density at radius 1 is 1.25 bits per heavy atom. The Balaban J connectivity index is 3.57. The van der Waals surface area contributed by atoms with Gasteiger partial charge < -0.3 is 9.84 Å². The maximum absolute atomic E-state index is 9.39. The Morgan fingerprint density at radius 3 is 2.08 bits per heavy atom. The molecule has 0 aromatic heterocycles. The van der Waals surface area contributed by atoms with Gasteiger partial charge in [-0.1, -0.05) is 0 Å². The Labute approximate surface area is 75.1 Å². The highest BCUT2D eigenvalue weighted by atomic mass is 16.5. The third-order valence-corrected chi connectivity index (χ3v) is 1.78. The van der Waals surface area contributed by atoms with Crippen molar-refractivity contribution in [2.45, 2.75) is 45.4 Å². The van der Waals surface area contributed by atoms with E-state index in [0.29, 0.717) is 13.0 Å². The van der Waals surface area contributed by atoms with Crippen LogP contribution in [-0.2, 0) is 4.74 Å². The molecule has 0 aromatic carbocycles. The van der Waals surface area contributed by atoms with E-state index in [1.807, 2.05) is 20.9 Å². The minimum atomic E-state index is -0.635. The number of rotatable bonds is 5. The standard InChI is InChI=1S/C9H21NO2/c1-8(2,11)6-7-12-9(3,4)10-5/h10-11H,6-7H2,1-5H3. The molecule has 0 rings (SSSR count). The third-order valence-electron chi connectivity index (χ3n) is 1.78. The van der Waals surface area contributed by atoms with Crippen molar-refractivity contribution in [1.29, 1.82) is 0 Å². The smallest absolute Gasteiger partial charge is 0.113 e. The number of nitrogens with one attached hydrogen (secondary N) is 1. The summed E-state index contributed by atoms with van der Waals surface area (Å²) in [5.41, 5.74) is -0.935. The molecular weight excluding hydrogens is 154 g/mol. The van der Waals surface area contributed by atoms with Crippen LogP contribution in [0.2, 0.25) is 0 Å². The lowest BCUT2D eigenvalue weighted by molar-refractivity contribution is -0.0605. The van der Waals surface area contributed by atoms with Crippen LogP contribution in [0.15, 0.2) is 0 Å². The lowest BCUT2D eigenvalue weighted by Gasteiger charge is -2.26. The van der Waals surface area contributed by atoms with Gasteiger partial charge in [0, 0.05) is 0 Å². The first kappa shape index (κ1) is 11.9. The van der Waals surface area contributed by atoms with Gasteiger partial charge in [-0.2, -0.15) is 0 Å². The summed E-state index contributed by atoms with van der Waals surface area (Å²) in [7, 11) is 1.85. The van der Waals surface area contributed by atoms with Crippen molar-refractivity contribution in [3.8, 4) is 0 Å². The minimum absolute atomic E-state index is 0.300. The van der Waals surface area contributed by atoms with E-state index in [1.54, 1.807) is 13.8 Å². The van der Waals surface area contributed by atoms with Gasteiger partial charge in [0.25, 0.3) is 0 Å². The van der Waals surface area contributed by atoms with Crippen LogP contribution in [0.3, 0.4) is 0 Å². The molecule has 3 heteroatoms. The van der Waals surface area contributed by atoms with E-state index in [-0.39, 0.29) is 5.72 Å². The number of ether oxygens (including phenoxy) is 1. The van der Waals surface area contributed by atoms with E-state index in [4.69, 9.17) is 4.74 Å². The van der Waals surface area contributed by atoms with Crippen molar-refractivity contribution in [1.82, 2.24) is 5.32 Å². The van der Waals surface area contributed by atoms with Crippen LogP contribution < -0.4 is 5.32 Å². The van der Waals surface area contributed by atoms with Crippen LogP contribution in [0.4, 0.5) is 0 Å². The predicted octanol–water partition coefficient (Wildman–Crippen LogP) is 1.12. The molecule has 2 N–H and O–H groups in total. The maximum Gasteiger partial charge on any atom is 0.113 e. The minimum Gasteiger partial charge on any atom is -0.390 e. The summed E-state index contributed by atoms with van der Waals surface area (Å²) in [6.07, 6.45) is 0.651. The first-order chi connectivity index (χ1) is 5.27. The molecule has 0 atom stereocenters. The number of aliphatic hydroxyl groups is 1. The highest BCUT2D eigenvalue weighted by Gasteiger charge is 2.17. The molecule has 3 nitrogen and oxygen atoms in total.